The molecule has 4 rings (SSSR count). The molecular weight excluding hydrogens is 510 g/mol. The molecule has 0 fully saturated rings. The van der Waals surface area contributed by atoms with Gasteiger partial charge in [0.1, 0.15) is 17.3 Å². The first-order valence-corrected chi connectivity index (χ1v) is 14.3. The van der Waals surface area contributed by atoms with Gasteiger partial charge in [0.25, 0.3) is 0 Å². The van der Waals surface area contributed by atoms with Crippen LogP contribution < -0.4 is 9.92 Å². The van der Waals surface area contributed by atoms with E-state index in [1.165, 1.54) is 12.1 Å². The number of hydrogen-bond acceptors (Lipinski definition) is 6. The Bertz CT molecular complexity index is 1440. The summed E-state index contributed by atoms with van der Waals surface area (Å²) in [6, 6.07) is 33.0. The predicted molar refractivity (Wildman–Crippen MR) is 152 cm³/mol. The van der Waals surface area contributed by atoms with E-state index >= 15 is 0 Å². The van der Waals surface area contributed by atoms with Gasteiger partial charge >= 0.3 is 16.1 Å². The molecule has 39 heavy (non-hydrogen) atoms. The quantitative estimate of drug-likeness (QED) is 0.179. The molecule has 0 aliphatic heterocycles. The molecule has 4 aromatic carbocycles. The summed E-state index contributed by atoms with van der Waals surface area (Å²) in [6.07, 6.45) is 0.831. The van der Waals surface area contributed by atoms with Crippen molar-refractivity contribution in [3.05, 3.63) is 131 Å². The smallest absolute Gasteiger partial charge is 0.339 e. The van der Waals surface area contributed by atoms with Crippen molar-refractivity contribution in [3.8, 4) is 5.75 Å². The Labute approximate surface area is 230 Å². The molecule has 2 unspecified atom stereocenters. The molecule has 0 saturated heterocycles. The fraction of sp³-hybridized carbons (Fsp3) is 0.219. The van der Waals surface area contributed by atoms with E-state index in [0.717, 1.165) is 22.3 Å². The second-order valence-corrected chi connectivity index (χ2v) is 11.1. The van der Waals surface area contributed by atoms with Gasteiger partial charge in [0, 0.05) is 0 Å². The fourth-order valence-corrected chi connectivity index (χ4v) is 5.41. The number of esters is 1. The van der Waals surface area contributed by atoms with Gasteiger partial charge in [0.05, 0.1) is 6.42 Å². The minimum Gasteiger partial charge on any atom is -0.461 e. The minimum absolute atomic E-state index is 0.0931. The predicted octanol–water partition coefficient (Wildman–Crippen LogP) is 5.80. The number of hydrogen-bond donors (Lipinski definition) is 1. The normalized spacial score (nSPS) is 12.9. The van der Waals surface area contributed by atoms with Crippen molar-refractivity contribution >= 4 is 16.1 Å². The third kappa shape index (κ3) is 8.02. The topological polar surface area (TPSA) is 95.7 Å². The fourth-order valence-electron chi connectivity index (χ4n) is 4.48. The zero-order valence-electron chi connectivity index (χ0n) is 21.9. The first-order valence-electron chi connectivity index (χ1n) is 12.9. The maximum Gasteiger partial charge on any atom is 0.339 e. The highest BCUT2D eigenvalue weighted by Gasteiger charge is 2.26. The highest BCUT2D eigenvalue weighted by atomic mass is 32.2. The Morgan fingerprint density at radius 3 is 1.97 bits per heavy atom. The van der Waals surface area contributed by atoms with E-state index in [1.807, 2.05) is 79.7 Å². The number of rotatable bonds is 12. The van der Waals surface area contributed by atoms with E-state index in [4.69, 9.17) is 14.7 Å². The molecule has 0 bridgehead atoms. The van der Waals surface area contributed by atoms with Crippen LogP contribution in [0.1, 0.15) is 34.6 Å². The van der Waals surface area contributed by atoms with Gasteiger partial charge in [-0.15, -0.1) is 0 Å². The SMILES string of the molecule is Cc1ccc(S(=O)(=O)Oc2ccc(C(Cc3ccccc3)C(CN)CC(=O)OCc3ccccc3)cc2)cc1. The van der Waals surface area contributed by atoms with E-state index in [0.29, 0.717) is 6.42 Å². The van der Waals surface area contributed by atoms with Crippen LogP contribution in [-0.2, 0) is 32.7 Å². The van der Waals surface area contributed by atoms with Crippen molar-refractivity contribution in [2.24, 2.45) is 11.7 Å². The summed E-state index contributed by atoms with van der Waals surface area (Å²) in [7, 11) is -3.96. The van der Waals surface area contributed by atoms with Crippen LogP contribution in [0.3, 0.4) is 0 Å². The van der Waals surface area contributed by atoms with E-state index < -0.39 is 10.1 Å². The van der Waals surface area contributed by atoms with Crippen LogP contribution in [0.25, 0.3) is 0 Å². The summed E-state index contributed by atoms with van der Waals surface area (Å²) in [6.45, 7) is 2.39. The molecule has 0 aliphatic rings. The largest absolute Gasteiger partial charge is 0.461 e. The Balaban J connectivity index is 1.51. The second-order valence-electron chi connectivity index (χ2n) is 9.56. The maximum absolute atomic E-state index is 12.8. The molecule has 0 heterocycles. The lowest BCUT2D eigenvalue weighted by Gasteiger charge is -2.26. The first kappa shape index (κ1) is 28.1. The van der Waals surface area contributed by atoms with Crippen LogP contribution in [-0.4, -0.2) is 20.9 Å². The van der Waals surface area contributed by atoms with Gasteiger partial charge in [-0.2, -0.15) is 8.42 Å². The summed E-state index contributed by atoms with van der Waals surface area (Å²) in [5.41, 5.74) is 10.1. The summed E-state index contributed by atoms with van der Waals surface area (Å²) >= 11 is 0. The number of aryl methyl sites for hydroxylation is 1. The molecular formula is C32H33NO5S. The maximum atomic E-state index is 12.8. The monoisotopic (exact) mass is 543 g/mol. The molecule has 4 aromatic rings. The molecule has 202 valence electrons. The van der Waals surface area contributed by atoms with Gasteiger partial charge in [0.2, 0.25) is 0 Å². The molecule has 7 heteroatoms. The molecule has 0 saturated carbocycles. The minimum atomic E-state index is -3.96. The molecule has 6 nitrogen and oxygen atoms in total. The highest BCUT2D eigenvalue weighted by Crippen LogP contribution is 2.32. The van der Waals surface area contributed by atoms with Crippen molar-refractivity contribution in [1.82, 2.24) is 0 Å². The Hall–Kier alpha value is -3.94. The van der Waals surface area contributed by atoms with Crippen LogP contribution in [0.15, 0.2) is 114 Å². The van der Waals surface area contributed by atoms with Crippen molar-refractivity contribution in [1.29, 1.82) is 0 Å². The van der Waals surface area contributed by atoms with Crippen molar-refractivity contribution in [2.75, 3.05) is 6.54 Å². The molecule has 0 aromatic heterocycles. The molecule has 0 amide bonds. The summed E-state index contributed by atoms with van der Waals surface area (Å²) in [4.78, 5) is 12.9. The lowest BCUT2D eigenvalue weighted by molar-refractivity contribution is -0.146. The molecule has 0 aliphatic carbocycles. The van der Waals surface area contributed by atoms with Gasteiger partial charge < -0.3 is 14.7 Å². The van der Waals surface area contributed by atoms with Gasteiger partial charge in [0.15, 0.2) is 0 Å². The van der Waals surface area contributed by atoms with Crippen LogP contribution in [0.5, 0.6) is 5.75 Å². The second kappa shape index (κ2) is 13.2. The van der Waals surface area contributed by atoms with E-state index in [2.05, 4.69) is 0 Å². The van der Waals surface area contributed by atoms with Crippen molar-refractivity contribution in [2.45, 2.75) is 37.2 Å². The summed E-state index contributed by atoms with van der Waals surface area (Å²) < 4.78 is 36.4. The van der Waals surface area contributed by atoms with Crippen LogP contribution >= 0.6 is 0 Å². The number of carbonyl (C=O) groups is 1. The zero-order chi connectivity index (χ0) is 27.7. The van der Waals surface area contributed by atoms with Crippen molar-refractivity contribution < 1.29 is 22.1 Å². The van der Waals surface area contributed by atoms with Gasteiger partial charge in [-0.05, 0) is 72.7 Å². The summed E-state index contributed by atoms with van der Waals surface area (Å²) in [5, 5.41) is 0. The average molecular weight is 544 g/mol. The van der Waals surface area contributed by atoms with Gasteiger partial charge in [-0.3, -0.25) is 4.79 Å². The number of benzene rings is 4. The number of nitrogens with two attached hydrogens (primary N) is 1. The Morgan fingerprint density at radius 2 is 1.38 bits per heavy atom. The van der Waals surface area contributed by atoms with Gasteiger partial charge in [-0.1, -0.05) is 90.5 Å². The Morgan fingerprint density at radius 1 is 0.795 bits per heavy atom. The highest BCUT2D eigenvalue weighted by molar-refractivity contribution is 7.87. The lowest BCUT2D eigenvalue weighted by atomic mass is 9.80. The average Bonchev–Trinajstić information content (AvgIpc) is 2.95. The Kier molecular flexibility index (Phi) is 9.52. The zero-order valence-corrected chi connectivity index (χ0v) is 22.7. The molecule has 2 atom stereocenters. The van der Waals surface area contributed by atoms with Crippen LogP contribution in [0.2, 0.25) is 0 Å². The van der Waals surface area contributed by atoms with E-state index in [9.17, 15) is 13.2 Å². The number of ether oxygens (including phenoxy) is 1. The van der Waals surface area contributed by atoms with Crippen LogP contribution in [0.4, 0.5) is 0 Å². The third-order valence-electron chi connectivity index (χ3n) is 6.67. The summed E-state index contributed by atoms with van der Waals surface area (Å²) in [5.74, 6) is -0.373. The van der Waals surface area contributed by atoms with Crippen LogP contribution in [0, 0.1) is 12.8 Å². The van der Waals surface area contributed by atoms with Crippen molar-refractivity contribution in [3.63, 3.8) is 0 Å². The lowest BCUT2D eigenvalue weighted by Crippen LogP contribution is -2.27. The number of carbonyl (C=O) groups excluding carboxylic acids is 1. The first-order chi connectivity index (χ1) is 18.8. The third-order valence-corrected chi connectivity index (χ3v) is 7.93. The van der Waals surface area contributed by atoms with E-state index in [-0.39, 0.29) is 48.0 Å². The molecule has 0 radical (unpaired) electrons. The molecule has 0 spiro atoms. The molecule has 2 N–H and O–H groups in total. The van der Waals surface area contributed by atoms with E-state index in [1.54, 1.807) is 24.3 Å². The van der Waals surface area contributed by atoms with Gasteiger partial charge in [-0.25, -0.2) is 0 Å². The standard InChI is InChI=1S/C32H33NO5S/c1-24-12-18-30(19-13-24)39(35,36)38-29-16-14-27(15-17-29)31(20-25-8-4-2-5-9-25)28(22-33)21-32(34)37-23-26-10-6-3-7-11-26/h2-19,28,31H,20-23,33H2,1H3.